The summed E-state index contributed by atoms with van der Waals surface area (Å²) >= 11 is 0. The number of nitrogens with two attached hydrogens (primary N) is 1. The lowest BCUT2D eigenvalue weighted by molar-refractivity contribution is -0.120. The first-order valence-corrected chi connectivity index (χ1v) is 3.50. The minimum atomic E-state index is -0.323. The van der Waals surface area contributed by atoms with Gasteiger partial charge >= 0.3 is 0 Å². The summed E-state index contributed by atoms with van der Waals surface area (Å²) in [5.74, 6) is 4.68. The highest BCUT2D eigenvalue weighted by Crippen LogP contribution is 2.15. The van der Waals surface area contributed by atoms with Crippen LogP contribution in [0.25, 0.3) is 0 Å². The molecule has 1 rings (SSSR count). The number of carbonyl (C=O) groups is 1. The lowest BCUT2D eigenvalue weighted by Crippen LogP contribution is -2.31. The maximum absolute atomic E-state index is 10.8. The van der Waals surface area contributed by atoms with E-state index < -0.39 is 0 Å². The molecule has 0 aliphatic rings. The van der Waals surface area contributed by atoms with Crippen LogP contribution in [-0.4, -0.2) is 11.0 Å². The van der Waals surface area contributed by atoms with E-state index in [4.69, 9.17) is 5.84 Å². The van der Waals surface area contributed by atoms with Crippen molar-refractivity contribution < 1.29 is 9.90 Å². The summed E-state index contributed by atoms with van der Waals surface area (Å²) in [6.07, 6.45) is 0.100. The van der Waals surface area contributed by atoms with Crippen LogP contribution in [-0.2, 0) is 11.2 Å². The summed E-state index contributed by atoms with van der Waals surface area (Å²) in [6.45, 7) is 0. The van der Waals surface area contributed by atoms with Gasteiger partial charge in [-0.1, -0.05) is 18.2 Å². The molecule has 4 nitrogen and oxygen atoms in total. The molecule has 0 spiro atoms. The lowest BCUT2D eigenvalue weighted by atomic mass is 10.1. The molecule has 0 radical (unpaired) electrons. The Labute approximate surface area is 82.1 Å². The third-order valence-corrected chi connectivity index (χ3v) is 1.50. The van der Waals surface area contributed by atoms with Gasteiger partial charge in [-0.3, -0.25) is 10.2 Å². The van der Waals surface area contributed by atoms with Crippen molar-refractivity contribution in [2.45, 2.75) is 6.42 Å². The van der Waals surface area contributed by atoms with Gasteiger partial charge in [-0.25, -0.2) is 5.84 Å². The average Bonchev–Trinajstić information content (AvgIpc) is 2.09. The Bertz CT molecular complexity index is 291. The van der Waals surface area contributed by atoms with Gasteiger partial charge in [0.15, 0.2) is 0 Å². The number of aromatic hydroxyl groups is 1. The molecule has 1 aromatic rings. The van der Waals surface area contributed by atoms with Crippen LogP contribution in [0.15, 0.2) is 24.3 Å². The van der Waals surface area contributed by atoms with Gasteiger partial charge in [0.1, 0.15) is 5.75 Å². The molecule has 13 heavy (non-hydrogen) atoms. The summed E-state index contributed by atoms with van der Waals surface area (Å²) in [5.41, 5.74) is 2.56. The van der Waals surface area contributed by atoms with Gasteiger partial charge in [-0.2, -0.15) is 0 Å². The standard InChI is InChI=1S/C8H10N2O2.ClH/c9-10-8(12)5-6-3-1-2-4-7(6)11;/h1-4,11H,5,9H2,(H,10,12);1H. The quantitative estimate of drug-likeness (QED) is 0.368. The second-order valence-electron chi connectivity index (χ2n) is 2.37. The van der Waals surface area contributed by atoms with Crippen molar-refractivity contribution in [1.29, 1.82) is 0 Å². The molecule has 0 atom stereocenters. The van der Waals surface area contributed by atoms with E-state index in [1.807, 2.05) is 5.43 Å². The summed E-state index contributed by atoms with van der Waals surface area (Å²) in [6, 6.07) is 6.64. The van der Waals surface area contributed by atoms with E-state index in [1.165, 1.54) is 6.07 Å². The normalized spacial score (nSPS) is 8.69. The number of amides is 1. The number of hydrazine groups is 1. The summed E-state index contributed by atoms with van der Waals surface area (Å²) < 4.78 is 0. The molecule has 0 unspecified atom stereocenters. The molecule has 0 saturated heterocycles. The van der Waals surface area contributed by atoms with Crippen LogP contribution >= 0.6 is 12.4 Å². The van der Waals surface area contributed by atoms with Gasteiger partial charge in [0, 0.05) is 5.56 Å². The van der Waals surface area contributed by atoms with E-state index in [1.54, 1.807) is 18.2 Å². The molecule has 1 aromatic carbocycles. The molecule has 72 valence electrons. The van der Waals surface area contributed by atoms with Crippen molar-refractivity contribution in [3.63, 3.8) is 0 Å². The van der Waals surface area contributed by atoms with E-state index >= 15 is 0 Å². The largest absolute Gasteiger partial charge is 0.508 e. The van der Waals surface area contributed by atoms with Crippen molar-refractivity contribution in [2.75, 3.05) is 0 Å². The zero-order valence-electron chi connectivity index (χ0n) is 6.86. The third-order valence-electron chi connectivity index (χ3n) is 1.50. The smallest absolute Gasteiger partial charge is 0.238 e. The van der Waals surface area contributed by atoms with Crippen LogP contribution in [0.5, 0.6) is 5.75 Å². The fraction of sp³-hybridized carbons (Fsp3) is 0.125. The van der Waals surface area contributed by atoms with Gasteiger partial charge in [0.2, 0.25) is 5.91 Å². The first-order valence-electron chi connectivity index (χ1n) is 3.50. The summed E-state index contributed by atoms with van der Waals surface area (Å²) in [4.78, 5) is 10.8. The van der Waals surface area contributed by atoms with Crippen molar-refractivity contribution in [2.24, 2.45) is 5.84 Å². The molecule has 0 fully saturated rings. The summed E-state index contributed by atoms with van der Waals surface area (Å²) in [5, 5.41) is 9.23. The Balaban J connectivity index is 0.00000144. The van der Waals surface area contributed by atoms with Crippen LogP contribution in [0.1, 0.15) is 5.56 Å². The lowest BCUT2D eigenvalue weighted by Gasteiger charge is -2.01. The molecular weight excluding hydrogens is 192 g/mol. The van der Waals surface area contributed by atoms with Gasteiger partial charge in [-0.15, -0.1) is 12.4 Å². The highest BCUT2D eigenvalue weighted by molar-refractivity contribution is 5.85. The van der Waals surface area contributed by atoms with Crippen LogP contribution in [0.4, 0.5) is 0 Å². The Morgan fingerprint density at radius 2 is 2.08 bits per heavy atom. The van der Waals surface area contributed by atoms with Crippen LogP contribution in [0.2, 0.25) is 0 Å². The van der Waals surface area contributed by atoms with Crippen molar-refractivity contribution >= 4 is 18.3 Å². The second kappa shape index (κ2) is 5.40. The zero-order valence-corrected chi connectivity index (χ0v) is 7.67. The minimum absolute atomic E-state index is 0. The Morgan fingerprint density at radius 3 is 2.62 bits per heavy atom. The number of carbonyl (C=O) groups excluding carboxylic acids is 1. The van der Waals surface area contributed by atoms with Gasteiger partial charge in [0.25, 0.3) is 0 Å². The number of nitrogens with one attached hydrogen (secondary N) is 1. The van der Waals surface area contributed by atoms with E-state index in [0.29, 0.717) is 5.56 Å². The molecule has 1 amide bonds. The van der Waals surface area contributed by atoms with E-state index in [-0.39, 0.29) is 30.5 Å². The molecule has 0 aliphatic carbocycles. The summed E-state index contributed by atoms with van der Waals surface area (Å²) in [7, 11) is 0. The molecular formula is C8H11ClN2O2. The number of para-hydroxylation sites is 1. The monoisotopic (exact) mass is 202 g/mol. The number of phenols is 1. The minimum Gasteiger partial charge on any atom is -0.508 e. The fourth-order valence-electron chi connectivity index (χ4n) is 0.884. The van der Waals surface area contributed by atoms with Crippen molar-refractivity contribution in [1.82, 2.24) is 5.43 Å². The van der Waals surface area contributed by atoms with Crippen LogP contribution in [0, 0.1) is 0 Å². The van der Waals surface area contributed by atoms with E-state index in [9.17, 15) is 9.90 Å². The number of hydrogen-bond acceptors (Lipinski definition) is 3. The van der Waals surface area contributed by atoms with E-state index in [2.05, 4.69) is 0 Å². The average molecular weight is 203 g/mol. The number of benzene rings is 1. The maximum Gasteiger partial charge on any atom is 0.238 e. The van der Waals surface area contributed by atoms with Gasteiger partial charge in [-0.05, 0) is 6.07 Å². The van der Waals surface area contributed by atoms with Gasteiger partial charge < -0.3 is 5.11 Å². The molecule has 4 N–H and O–H groups in total. The van der Waals surface area contributed by atoms with Crippen LogP contribution < -0.4 is 11.3 Å². The number of hydrogen-bond donors (Lipinski definition) is 3. The molecule has 0 heterocycles. The van der Waals surface area contributed by atoms with E-state index in [0.717, 1.165) is 0 Å². The fourth-order valence-corrected chi connectivity index (χ4v) is 0.884. The Morgan fingerprint density at radius 1 is 1.46 bits per heavy atom. The highest BCUT2D eigenvalue weighted by Gasteiger charge is 2.04. The third kappa shape index (κ3) is 3.31. The highest BCUT2D eigenvalue weighted by atomic mass is 35.5. The maximum atomic E-state index is 10.8. The SMILES string of the molecule is Cl.NNC(=O)Cc1ccccc1O. The number of phenolic OH excluding ortho intramolecular Hbond substituents is 1. The molecule has 0 saturated carbocycles. The molecule has 0 aliphatic heterocycles. The van der Waals surface area contributed by atoms with Gasteiger partial charge in [0.05, 0.1) is 6.42 Å². The Kier molecular flexibility index (Phi) is 4.87. The molecule has 0 aromatic heterocycles. The first kappa shape index (κ1) is 11.7. The Hall–Kier alpha value is -1.26. The zero-order chi connectivity index (χ0) is 8.97. The predicted molar refractivity (Wildman–Crippen MR) is 51.4 cm³/mol. The first-order chi connectivity index (χ1) is 5.74. The number of rotatable bonds is 2. The van der Waals surface area contributed by atoms with Crippen molar-refractivity contribution in [3.8, 4) is 5.75 Å². The topological polar surface area (TPSA) is 75.3 Å². The van der Waals surface area contributed by atoms with Crippen LogP contribution in [0.3, 0.4) is 0 Å². The molecule has 0 bridgehead atoms. The number of halogens is 1. The second-order valence-corrected chi connectivity index (χ2v) is 2.37. The van der Waals surface area contributed by atoms with Crippen molar-refractivity contribution in [3.05, 3.63) is 29.8 Å². The predicted octanol–water partition coefficient (Wildman–Crippen LogP) is 0.346. The molecule has 5 heteroatoms.